The zero-order valence-electron chi connectivity index (χ0n) is 8.12. The van der Waals surface area contributed by atoms with Gasteiger partial charge in [0.1, 0.15) is 5.76 Å². The van der Waals surface area contributed by atoms with Crippen molar-refractivity contribution in [3.05, 3.63) is 48.5 Å². The van der Waals surface area contributed by atoms with Crippen molar-refractivity contribution < 1.29 is 9.53 Å². The molecule has 1 rings (SSSR count). The van der Waals surface area contributed by atoms with Crippen LogP contribution in [0.15, 0.2) is 48.5 Å². The number of carbonyl (C=O) groups excluding carboxylic acids is 1. The lowest BCUT2D eigenvalue weighted by Crippen LogP contribution is -1.96. The maximum atomic E-state index is 10.6. The molecule has 0 aliphatic carbocycles. The fraction of sp³-hybridized carbons (Fsp3) is 0.182. The minimum atomic E-state index is -0.291. The van der Waals surface area contributed by atoms with E-state index >= 15 is 0 Å². The van der Waals surface area contributed by atoms with E-state index in [9.17, 15) is 4.79 Å². The molecule has 3 heteroatoms. The van der Waals surface area contributed by atoms with Crippen LogP contribution in [0, 0.1) is 0 Å². The number of allylic oxidation sites excluding steroid dienone is 4. The van der Waals surface area contributed by atoms with Gasteiger partial charge in [0.15, 0.2) is 0 Å². The first-order valence-electron chi connectivity index (χ1n) is 4.34. The maximum absolute atomic E-state index is 10.6. The molecule has 0 saturated carbocycles. The molecule has 0 aromatic carbocycles. The maximum Gasteiger partial charge on any atom is 0.307 e. The molecule has 0 atom stereocenters. The Morgan fingerprint density at radius 3 is 3.07 bits per heavy atom. The fourth-order valence-corrected chi connectivity index (χ4v) is 1.07. The van der Waals surface area contributed by atoms with Crippen LogP contribution < -0.4 is 5.32 Å². The number of hydrogen-bond acceptors (Lipinski definition) is 3. The van der Waals surface area contributed by atoms with Gasteiger partial charge in [0.2, 0.25) is 0 Å². The Morgan fingerprint density at radius 2 is 2.43 bits per heavy atom. The third kappa shape index (κ3) is 3.31. The second-order valence-corrected chi connectivity index (χ2v) is 2.84. The zero-order valence-corrected chi connectivity index (χ0v) is 8.12. The molecular weight excluding hydrogens is 178 g/mol. The number of rotatable bonds is 3. The minimum Gasteiger partial charge on any atom is -0.429 e. The van der Waals surface area contributed by atoms with Crippen molar-refractivity contribution in [2.45, 2.75) is 13.3 Å². The van der Waals surface area contributed by atoms with E-state index < -0.39 is 0 Å². The van der Waals surface area contributed by atoms with Crippen molar-refractivity contribution in [2.75, 3.05) is 0 Å². The molecule has 0 unspecified atom stereocenters. The van der Waals surface area contributed by atoms with Gasteiger partial charge in [0.25, 0.3) is 0 Å². The molecule has 0 amide bonds. The number of nitrogens with one attached hydrogen (secondary N) is 1. The molecule has 0 bridgehead atoms. The monoisotopic (exact) mass is 191 g/mol. The molecule has 1 aliphatic rings. The highest BCUT2D eigenvalue weighted by Crippen LogP contribution is 2.16. The van der Waals surface area contributed by atoms with Gasteiger partial charge < -0.3 is 10.1 Å². The summed E-state index contributed by atoms with van der Waals surface area (Å²) < 4.78 is 4.92. The highest BCUT2D eigenvalue weighted by molar-refractivity contribution is 5.67. The number of carbonyl (C=O) groups is 1. The van der Waals surface area contributed by atoms with Crippen LogP contribution in [0.25, 0.3) is 0 Å². The van der Waals surface area contributed by atoms with Crippen molar-refractivity contribution in [1.82, 2.24) is 5.32 Å². The Labute approximate surface area is 83.4 Å². The average molecular weight is 191 g/mol. The number of esters is 1. The van der Waals surface area contributed by atoms with E-state index in [1.165, 1.54) is 6.92 Å². The summed E-state index contributed by atoms with van der Waals surface area (Å²) in [7, 11) is 0. The smallest absolute Gasteiger partial charge is 0.307 e. The Bertz CT molecular complexity index is 324. The molecule has 1 heterocycles. The quantitative estimate of drug-likeness (QED) is 0.547. The number of ether oxygens (including phenoxy) is 1. The van der Waals surface area contributed by atoms with Gasteiger partial charge in [-0.05, 0) is 6.08 Å². The first kappa shape index (κ1) is 10.3. The van der Waals surface area contributed by atoms with Crippen LogP contribution >= 0.6 is 0 Å². The Morgan fingerprint density at radius 1 is 1.64 bits per heavy atom. The second kappa shape index (κ2) is 5.07. The summed E-state index contributed by atoms with van der Waals surface area (Å²) in [5.41, 5.74) is 0.999. The third-order valence-corrected chi connectivity index (χ3v) is 1.60. The van der Waals surface area contributed by atoms with E-state index in [0.717, 1.165) is 5.70 Å². The summed E-state index contributed by atoms with van der Waals surface area (Å²) >= 11 is 0. The summed E-state index contributed by atoms with van der Waals surface area (Å²) in [6.45, 7) is 4.95. The summed E-state index contributed by atoms with van der Waals surface area (Å²) in [4.78, 5) is 10.6. The van der Waals surface area contributed by atoms with Gasteiger partial charge in [0.05, 0.1) is 0 Å². The minimum absolute atomic E-state index is 0.291. The summed E-state index contributed by atoms with van der Waals surface area (Å²) in [5.74, 6) is 0.358. The highest BCUT2D eigenvalue weighted by Gasteiger charge is 2.11. The topological polar surface area (TPSA) is 38.3 Å². The van der Waals surface area contributed by atoms with Gasteiger partial charge in [-0.2, -0.15) is 0 Å². The molecule has 0 fully saturated rings. The van der Waals surface area contributed by atoms with E-state index in [0.29, 0.717) is 12.2 Å². The van der Waals surface area contributed by atoms with Gasteiger partial charge in [0, 0.05) is 25.2 Å². The normalized spacial score (nSPS) is 18.1. The molecule has 1 N–H and O–H groups in total. The first-order valence-corrected chi connectivity index (χ1v) is 4.34. The van der Waals surface area contributed by atoms with Crippen molar-refractivity contribution in [1.29, 1.82) is 0 Å². The fourth-order valence-electron chi connectivity index (χ4n) is 1.07. The summed E-state index contributed by atoms with van der Waals surface area (Å²) in [5, 5.41) is 3.01. The van der Waals surface area contributed by atoms with Crippen LogP contribution in [0.1, 0.15) is 13.3 Å². The van der Waals surface area contributed by atoms with E-state index in [1.54, 1.807) is 12.3 Å². The standard InChI is InChI=1S/C11H13NO2/c1-3-4-5-6-10-7-11(8-12-10)14-9(2)13/h3-6,8,12H,1,7H2,2H3/b5-4-,10-6+. The van der Waals surface area contributed by atoms with Gasteiger partial charge >= 0.3 is 5.97 Å². The summed E-state index contributed by atoms with van der Waals surface area (Å²) in [6.07, 6.45) is 9.63. The van der Waals surface area contributed by atoms with Gasteiger partial charge in [-0.1, -0.05) is 24.8 Å². The molecule has 14 heavy (non-hydrogen) atoms. The van der Waals surface area contributed by atoms with Crippen LogP contribution in [0.4, 0.5) is 0 Å². The molecule has 0 radical (unpaired) electrons. The molecule has 0 aromatic heterocycles. The second-order valence-electron chi connectivity index (χ2n) is 2.84. The first-order chi connectivity index (χ1) is 6.72. The molecule has 1 aliphatic heterocycles. The van der Waals surface area contributed by atoms with Crippen LogP contribution in [0.5, 0.6) is 0 Å². The zero-order chi connectivity index (χ0) is 10.4. The molecule has 74 valence electrons. The molecule has 0 aromatic rings. The Hall–Kier alpha value is -1.77. The SMILES string of the molecule is C=C/C=C\C=C1/CC(OC(C)=O)=CN1. The van der Waals surface area contributed by atoms with Crippen LogP contribution in [0.3, 0.4) is 0 Å². The Balaban J connectivity index is 2.45. The molecule has 3 nitrogen and oxygen atoms in total. The number of hydrogen-bond donors (Lipinski definition) is 1. The lowest BCUT2D eigenvalue weighted by atomic mass is 10.3. The van der Waals surface area contributed by atoms with E-state index in [1.807, 2.05) is 18.2 Å². The lowest BCUT2D eigenvalue weighted by molar-refractivity contribution is -0.136. The van der Waals surface area contributed by atoms with Crippen LogP contribution in [-0.4, -0.2) is 5.97 Å². The van der Waals surface area contributed by atoms with E-state index in [4.69, 9.17) is 4.74 Å². The highest BCUT2D eigenvalue weighted by atomic mass is 16.5. The predicted octanol–water partition coefficient (Wildman–Crippen LogP) is 2.01. The van der Waals surface area contributed by atoms with Crippen molar-refractivity contribution in [2.24, 2.45) is 0 Å². The lowest BCUT2D eigenvalue weighted by Gasteiger charge is -1.98. The Kier molecular flexibility index (Phi) is 3.73. The predicted molar refractivity (Wildman–Crippen MR) is 55.0 cm³/mol. The molecule has 0 saturated heterocycles. The van der Waals surface area contributed by atoms with E-state index in [-0.39, 0.29) is 5.97 Å². The summed E-state index contributed by atoms with van der Waals surface area (Å²) in [6, 6.07) is 0. The van der Waals surface area contributed by atoms with Crippen LogP contribution in [-0.2, 0) is 9.53 Å². The van der Waals surface area contributed by atoms with Crippen LogP contribution in [0.2, 0.25) is 0 Å². The largest absolute Gasteiger partial charge is 0.429 e. The van der Waals surface area contributed by atoms with Gasteiger partial charge in [-0.25, -0.2) is 0 Å². The van der Waals surface area contributed by atoms with Crippen molar-refractivity contribution >= 4 is 5.97 Å². The van der Waals surface area contributed by atoms with Crippen molar-refractivity contribution in [3.8, 4) is 0 Å². The van der Waals surface area contributed by atoms with Crippen molar-refractivity contribution in [3.63, 3.8) is 0 Å². The van der Waals surface area contributed by atoms with Gasteiger partial charge in [-0.15, -0.1) is 0 Å². The third-order valence-electron chi connectivity index (χ3n) is 1.60. The average Bonchev–Trinajstić information content (AvgIpc) is 2.52. The van der Waals surface area contributed by atoms with Gasteiger partial charge in [-0.3, -0.25) is 4.79 Å². The molecule has 0 spiro atoms. The van der Waals surface area contributed by atoms with E-state index in [2.05, 4.69) is 11.9 Å². The molecular formula is C11H13NO2.